The fraction of sp³-hybridized carbons (Fsp3) is 0.722. The van der Waals surface area contributed by atoms with Gasteiger partial charge in [-0.2, -0.15) is 0 Å². The Kier molecular flexibility index (Phi) is 4.63. The molecule has 2 aliphatic heterocycles. The van der Waals surface area contributed by atoms with Crippen LogP contribution < -0.4 is 5.32 Å². The van der Waals surface area contributed by atoms with Crippen molar-refractivity contribution in [1.82, 2.24) is 24.7 Å². The standard InChI is InChI=1S/C18H27N5O2/c24-17-6-3-8-22(17)11-14-10-21-9-7-19-16(21)13-23(12-14)18(25)20-15-4-1-2-5-15/h7,9,14-15H,1-6,8,10-13H2,(H,20,25). The average molecular weight is 345 g/mol. The molecule has 136 valence electrons. The van der Waals surface area contributed by atoms with Crippen LogP contribution in [0.15, 0.2) is 12.4 Å². The molecule has 25 heavy (non-hydrogen) atoms. The minimum Gasteiger partial charge on any atom is -0.342 e. The third-order valence-electron chi connectivity index (χ3n) is 5.69. The van der Waals surface area contributed by atoms with E-state index in [0.717, 1.165) is 44.7 Å². The van der Waals surface area contributed by atoms with Crippen LogP contribution in [0.2, 0.25) is 0 Å². The smallest absolute Gasteiger partial charge is 0.318 e. The van der Waals surface area contributed by atoms with E-state index in [1.54, 1.807) is 6.20 Å². The second-order valence-corrected chi connectivity index (χ2v) is 7.62. The Balaban J connectivity index is 1.46. The van der Waals surface area contributed by atoms with Gasteiger partial charge in [0.05, 0.1) is 6.54 Å². The molecule has 0 aromatic carbocycles. The highest BCUT2D eigenvalue weighted by molar-refractivity contribution is 5.78. The molecule has 0 spiro atoms. The average Bonchev–Trinajstić information content (AvgIpc) is 3.31. The summed E-state index contributed by atoms with van der Waals surface area (Å²) in [6.07, 6.45) is 9.96. The first kappa shape index (κ1) is 16.4. The third-order valence-corrected chi connectivity index (χ3v) is 5.69. The van der Waals surface area contributed by atoms with E-state index in [1.807, 2.05) is 16.0 Å². The quantitative estimate of drug-likeness (QED) is 0.904. The molecule has 1 atom stereocenters. The van der Waals surface area contributed by atoms with Gasteiger partial charge in [-0.15, -0.1) is 0 Å². The molecule has 1 aliphatic carbocycles. The number of fused-ring (bicyclic) bond motifs is 1. The molecule has 3 heterocycles. The number of hydrogen-bond donors (Lipinski definition) is 1. The number of carbonyl (C=O) groups excluding carboxylic acids is 2. The Hall–Kier alpha value is -2.05. The van der Waals surface area contributed by atoms with Crippen molar-refractivity contribution < 1.29 is 9.59 Å². The Morgan fingerprint density at radius 3 is 2.84 bits per heavy atom. The van der Waals surface area contributed by atoms with Crippen molar-refractivity contribution in [2.75, 3.05) is 19.6 Å². The van der Waals surface area contributed by atoms with Gasteiger partial charge in [-0.1, -0.05) is 12.8 Å². The van der Waals surface area contributed by atoms with E-state index in [4.69, 9.17) is 0 Å². The van der Waals surface area contributed by atoms with Gasteiger partial charge in [0.1, 0.15) is 5.82 Å². The summed E-state index contributed by atoms with van der Waals surface area (Å²) in [5, 5.41) is 3.19. The molecule has 1 saturated carbocycles. The summed E-state index contributed by atoms with van der Waals surface area (Å²) >= 11 is 0. The minimum atomic E-state index is 0.0149. The zero-order valence-corrected chi connectivity index (χ0v) is 14.7. The van der Waals surface area contributed by atoms with E-state index in [-0.39, 0.29) is 17.9 Å². The van der Waals surface area contributed by atoms with Crippen LogP contribution in [0, 0.1) is 5.92 Å². The number of rotatable bonds is 3. The SMILES string of the molecule is O=C1CCCN1CC1CN(C(=O)NC2CCCC2)Cc2nccn2C1. The Bertz CT molecular complexity index is 637. The monoisotopic (exact) mass is 345 g/mol. The number of likely N-dealkylation sites (tertiary alicyclic amines) is 1. The van der Waals surface area contributed by atoms with E-state index in [2.05, 4.69) is 14.9 Å². The van der Waals surface area contributed by atoms with Gasteiger partial charge in [0.25, 0.3) is 0 Å². The first-order valence-electron chi connectivity index (χ1n) is 9.52. The Morgan fingerprint density at radius 2 is 2.08 bits per heavy atom. The van der Waals surface area contributed by atoms with Gasteiger partial charge >= 0.3 is 6.03 Å². The number of nitrogens with zero attached hydrogens (tertiary/aromatic N) is 4. The first-order valence-corrected chi connectivity index (χ1v) is 9.52. The molecule has 4 rings (SSSR count). The third kappa shape index (κ3) is 3.65. The van der Waals surface area contributed by atoms with Crippen LogP contribution in [0.25, 0.3) is 0 Å². The van der Waals surface area contributed by atoms with Gasteiger partial charge in [-0.05, 0) is 19.3 Å². The van der Waals surface area contributed by atoms with Crippen LogP contribution >= 0.6 is 0 Å². The molecule has 1 aromatic heterocycles. The normalized spacial score (nSPS) is 24.5. The van der Waals surface area contributed by atoms with E-state index in [0.29, 0.717) is 25.6 Å². The second-order valence-electron chi connectivity index (χ2n) is 7.62. The van der Waals surface area contributed by atoms with E-state index in [9.17, 15) is 9.59 Å². The topological polar surface area (TPSA) is 70.5 Å². The van der Waals surface area contributed by atoms with Crippen molar-refractivity contribution in [3.05, 3.63) is 18.2 Å². The van der Waals surface area contributed by atoms with Gasteiger partial charge in [-0.3, -0.25) is 4.79 Å². The molecule has 3 amide bonds. The number of aromatic nitrogens is 2. The van der Waals surface area contributed by atoms with Crippen molar-refractivity contribution in [3.8, 4) is 0 Å². The largest absolute Gasteiger partial charge is 0.342 e. The summed E-state index contributed by atoms with van der Waals surface area (Å²) < 4.78 is 2.13. The van der Waals surface area contributed by atoms with E-state index >= 15 is 0 Å². The molecular weight excluding hydrogens is 318 g/mol. The van der Waals surface area contributed by atoms with Gasteiger partial charge in [0.15, 0.2) is 0 Å². The first-order chi connectivity index (χ1) is 12.2. The summed E-state index contributed by atoms with van der Waals surface area (Å²) in [4.78, 5) is 33.0. The number of carbonyl (C=O) groups is 2. The van der Waals surface area contributed by atoms with Gasteiger partial charge in [-0.25, -0.2) is 9.78 Å². The van der Waals surface area contributed by atoms with E-state index in [1.165, 1.54) is 12.8 Å². The molecule has 3 aliphatic rings. The zero-order valence-electron chi connectivity index (χ0n) is 14.7. The Morgan fingerprint density at radius 1 is 1.24 bits per heavy atom. The van der Waals surface area contributed by atoms with E-state index < -0.39 is 0 Å². The van der Waals surface area contributed by atoms with Gasteiger partial charge < -0.3 is 19.7 Å². The van der Waals surface area contributed by atoms with Gasteiger partial charge in [0.2, 0.25) is 5.91 Å². The van der Waals surface area contributed by atoms with Crippen molar-refractivity contribution >= 4 is 11.9 Å². The molecule has 1 N–H and O–H groups in total. The zero-order chi connectivity index (χ0) is 17.2. The predicted octanol–water partition coefficient (Wildman–Crippen LogP) is 1.59. The predicted molar refractivity (Wildman–Crippen MR) is 92.7 cm³/mol. The van der Waals surface area contributed by atoms with Crippen LogP contribution in [0.5, 0.6) is 0 Å². The van der Waals surface area contributed by atoms with Crippen LogP contribution in [0.1, 0.15) is 44.3 Å². The fourth-order valence-electron chi connectivity index (χ4n) is 4.36. The maximum atomic E-state index is 12.8. The molecule has 1 saturated heterocycles. The highest BCUT2D eigenvalue weighted by Gasteiger charge is 2.30. The molecule has 7 heteroatoms. The highest BCUT2D eigenvalue weighted by Crippen LogP contribution is 2.21. The van der Waals surface area contributed by atoms with Gasteiger partial charge in [0, 0.05) is 57.0 Å². The maximum Gasteiger partial charge on any atom is 0.318 e. The molecule has 1 unspecified atom stereocenters. The lowest BCUT2D eigenvalue weighted by molar-refractivity contribution is -0.128. The summed E-state index contributed by atoms with van der Waals surface area (Å²) in [6, 6.07) is 0.329. The molecule has 0 bridgehead atoms. The summed E-state index contributed by atoms with van der Waals surface area (Å²) in [7, 11) is 0. The number of amides is 3. The molecule has 0 radical (unpaired) electrons. The van der Waals surface area contributed by atoms with Crippen LogP contribution in [0.3, 0.4) is 0 Å². The molecule has 2 fully saturated rings. The minimum absolute atomic E-state index is 0.0149. The number of urea groups is 1. The Labute approximate surface area is 148 Å². The summed E-state index contributed by atoms with van der Waals surface area (Å²) in [5.74, 6) is 1.42. The molecule has 7 nitrogen and oxygen atoms in total. The van der Waals surface area contributed by atoms with Crippen LogP contribution in [-0.2, 0) is 17.9 Å². The number of hydrogen-bond acceptors (Lipinski definition) is 3. The lowest BCUT2D eigenvalue weighted by Crippen LogP contribution is -2.46. The summed E-state index contributed by atoms with van der Waals surface area (Å²) in [6.45, 7) is 3.60. The lowest BCUT2D eigenvalue weighted by atomic mass is 10.1. The highest BCUT2D eigenvalue weighted by atomic mass is 16.2. The maximum absolute atomic E-state index is 12.8. The number of nitrogens with one attached hydrogen (secondary N) is 1. The second kappa shape index (κ2) is 7.06. The van der Waals surface area contributed by atoms with Crippen molar-refractivity contribution in [2.45, 2.75) is 57.7 Å². The van der Waals surface area contributed by atoms with Crippen LogP contribution in [0.4, 0.5) is 4.79 Å². The van der Waals surface area contributed by atoms with Crippen molar-refractivity contribution in [1.29, 1.82) is 0 Å². The number of imidazole rings is 1. The molecule has 1 aromatic rings. The van der Waals surface area contributed by atoms with Crippen molar-refractivity contribution in [3.63, 3.8) is 0 Å². The van der Waals surface area contributed by atoms with Crippen LogP contribution in [-0.4, -0.2) is 57.0 Å². The molecular formula is C18H27N5O2. The van der Waals surface area contributed by atoms with Crippen molar-refractivity contribution in [2.24, 2.45) is 5.92 Å². The lowest BCUT2D eigenvalue weighted by Gasteiger charge is -2.28. The fourth-order valence-corrected chi connectivity index (χ4v) is 4.36. The summed E-state index contributed by atoms with van der Waals surface area (Å²) in [5.41, 5.74) is 0.